The third-order valence-corrected chi connectivity index (χ3v) is 5.66. The molecule has 3 fully saturated rings. The summed E-state index contributed by atoms with van der Waals surface area (Å²) < 4.78 is 11.5. The van der Waals surface area contributed by atoms with Crippen molar-refractivity contribution in [3.05, 3.63) is 0 Å². The van der Waals surface area contributed by atoms with Gasteiger partial charge in [-0.05, 0) is 51.0 Å². The fourth-order valence-electron chi connectivity index (χ4n) is 4.37. The van der Waals surface area contributed by atoms with Gasteiger partial charge in [0.15, 0.2) is 0 Å². The lowest BCUT2D eigenvalue weighted by Gasteiger charge is -2.47. The highest BCUT2D eigenvalue weighted by atomic mass is 16.6. The second kappa shape index (κ2) is 5.91. The van der Waals surface area contributed by atoms with Crippen molar-refractivity contribution in [3.63, 3.8) is 0 Å². The predicted octanol–water partition coefficient (Wildman–Crippen LogP) is 1.86. The van der Waals surface area contributed by atoms with E-state index in [1.54, 1.807) is 0 Å². The molecule has 0 aromatic heterocycles. The van der Waals surface area contributed by atoms with Crippen LogP contribution in [0.5, 0.6) is 0 Å². The van der Waals surface area contributed by atoms with E-state index >= 15 is 0 Å². The topological polar surface area (TPSA) is 50.7 Å². The normalized spacial score (nSPS) is 45.9. The molecular weight excluding hydrogens is 254 g/mol. The molecule has 3 rings (SSSR count). The Morgan fingerprint density at radius 1 is 1.15 bits per heavy atom. The first-order valence-corrected chi connectivity index (χ1v) is 8.33. The number of hydrogen-bond acceptors (Lipinski definition) is 4. The van der Waals surface area contributed by atoms with E-state index in [4.69, 9.17) is 9.47 Å². The predicted molar refractivity (Wildman–Crippen MR) is 77.7 cm³/mol. The van der Waals surface area contributed by atoms with E-state index in [2.05, 4.69) is 12.2 Å². The van der Waals surface area contributed by atoms with Crippen molar-refractivity contribution < 1.29 is 14.6 Å². The van der Waals surface area contributed by atoms with Gasteiger partial charge >= 0.3 is 0 Å². The molecule has 2 aliphatic heterocycles. The maximum atomic E-state index is 11.1. The zero-order valence-corrected chi connectivity index (χ0v) is 12.7. The average molecular weight is 283 g/mol. The van der Waals surface area contributed by atoms with Gasteiger partial charge in [0.2, 0.25) is 0 Å². The van der Waals surface area contributed by atoms with Crippen LogP contribution in [0, 0.1) is 5.92 Å². The molecule has 2 N–H and O–H groups in total. The van der Waals surface area contributed by atoms with Crippen molar-refractivity contribution in [1.82, 2.24) is 5.32 Å². The number of ether oxygens (including phenoxy) is 2. The summed E-state index contributed by atoms with van der Waals surface area (Å²) in [5.74, 6) is 0.389. The van der Waals surface area contributed by atoms with Gasteiger partial charge < -0.3 is 19.9 Å². The van der Waals surface area contributed by atoms with E-state index in [0.29, 0.717) is 12.0 Å². The molecule has 1 spiro atoms. The van der Waals surface area contributed by atoms with Gasteiger partial charge in [-0.1, -0.05) is 6.92 Å². The minimum Gasteiger partial charge on any atom is -0.390 e. The molecule has 2 atom stereocenters. The van der Waals surface area contributed by atoms with Crippen LogP contribution < -0.4 is 5.32 Å². The summed E-state index contributed by atoms with van der Waals surface area (Å²) >= 11 is 0. The number of hydrogen-bond donors (Lipinski definition) is 2. The van der Waals surface area contributed by atoms with E-state index in [1.807, 2.05) is 0 Å². The van der Waals surface area contributed by atoms with Crippen molar-refractivity contribution in [3.8, 4) is 0 Å². The molecule has 0 radical (unpaired) electrons. The molecular formula is C16H29NO3. The van der Waals surface area contributed by atoms with Gasteiger partial charge in [-0.15, -0.1) is 0 Å². The molecule has 2 saturated heterocycles. The SMILES string of the molecule is CCNC1CCC(O)(C2CCOC3(CCOC3)C2)CC1. The van der Waals surface area contributed by atoms with E-state index < -0.39 is 5.60 Å². The van der Waals surface area contributed by atoms with Crippen molar-refractivity contribution in [2.75, 3.05) is 26.4 Å². The fourth-order valence-corrected chi connectivity index (χ4v) is 4.37. The molecule has 0 aromatic rings. The summed E-state index contributed by atoms with van der Waals surface area (Å²) in [6, 6.07) is 0.601. The maximum Gasteiger partial charge on any atom is 0.0940 e. The van der Waals surface area contributed by atoms with Crippen molar-refractivity contribution in [2.24, 2.45) is 5.92 Å². The lowest BCUT2D eigenvalue weighted by molar-refractivity contribution is -0.152. The summed E-state index contributed by atoms with van der Waals surface area (Å²) in [6.45, 7) is 5.50. The van der Waals surface area contributed by atoms with Crippen LogP contribution in [0.2, 0.25) is 0 Å². The number of nitrogens with one attached hydrogen (secondary N) is 1. The fraction of sp³-hybridized carbons (Fsp3) is 1.00. The van der Waals surface area contributed by atoms with Crippen LogP contribution in [0.15, 0.2) is 0 Å². The molecule has 2 unspecified atom stereocenters. The van der Waals surface area contributed by atoms with Crippen LogP contribution in [0.4, 0.5) is 0 Å². The van der Waals surface area contributed by atoms with Crippen LogP contribution >= 0.6 is 0 Å². The van der Waals surface area contributed by atoms with Crippen LogP contribution in [0.3, 0.4) is 0 Å². The highest BCUT2D eigenvalue weighted by Gasteiger charge is 2.48. The van der Waals surface area contributed by atoms with Gasteiger partial charge in [-0.2, -0.15) is 0 Å². The van der Waals surface area contributed by atoms with E-state index in [-0.39, 0.29) is 5.60 Å². The van der Waals surface area contributed by atoms with Gasteiger partial charge in [0, 0.05) is 25.7 Å². The lowest BCUT2D eigenvalue weighted by Crippen LogP contribution is -2.51. The molecule has 0 aromatic carbocycles. The van der Waals surface area contributed by atoms with E-state index in [1.165, 1.54) is 0 Å². The summed E-state index contributed by atoms with van der Waals surface area (Å²) in [6.07, 6.45) is 7.06. The van der Waals surface area contributed by atoms with Crippen molar-refractivity contribution in [1.29, 1.82) is 0 Å². The first kappa shape index (κ1) is 14.8. The first-order valence-electron chi connectivity index (χ1n) is 8.33. The Balaban J connectivity index is 1.60. The Morgan fingerprint density at radius 3 is 2.60 bits per heavy atom. The van der Waals surface area contributed by atoms with Gasteiger partial charge in [0.25, 0.3) is 0 Å². The van der Waals surface area contributed by atoms with Crippen LogP contribution in [-0.4, -0.2) is 48.7 Å². The summed E-state index contributed by atoms with van der Waals surface area (Å²) in [7, 11) is 0. The second-order valence-corrected chi connectivity index (χ2v) is 6.96. The minimum absolute atomic E-state index is 0.0861. The second-order valence-electron chi connectivity index (χ2n) is 6.96. The Hall–Kier alpha value is -0.160. The van der Waals surface area contributed by atoms with E-state index in [9.17, 15) is 5.11 Å². The van der Waals surface area contributed by atoms with Gasteiger partial charge in [0.1, 0.15) is 0 Å². The Labute approximate surface area is 122 Å². The smallest absolute Gasteiger partial charge is 0.0940 e. The highest BCUT2D eigenvalue weighted by molar-refractivity contribution is 4.99. The lowest BCUT2D eigenvalue weighted by atomic mass is 9.68. The molecule has 116 valence electrons. The molecule has 1 saturated carbocycles. The van der Waals surface area contributed by atoms with Crippen molar-refractivity contribution in [2.45, 2.75) is 69.1 Å². The molecule has 3 aliphatic rings. The highest BCUT2D eigenvalue weighted by Crippen LogP contribution is 2.45. The maximum absolute atomic E-state index is 11.1. The molecule has 4 heteroatoms. The first-order chi connectivity index (χ1) is 9.66. The molecule has 20 heavy (non-hydrogen) atoms. The average Bonchev–Trinajstić information content (AvgIpc) is 2.90. The van der Waals surface area contributed by atoms with Crippen molar-refractivity contribution >= 4 is 0 Å². The number of rotatable bonds is 3. The molecule has 1 aliphatic carbocycles. The molecule has 0 amide bonds. The zero-order valence-electron chi connectivity index (χ0n) is 12.7. The van der Waals surface area contributed by atoms with Crippen LogP contribution in [0.25, 0.3) is 0 Å². The van der Waals surface area contributed by atoms with Gasteiger partial charge in [-0.25, -0.2) is 0 Å². The summed E-state index contributed by atoms with van der Waals surface area (Å²) in [5.41, 5.74) is -0.553. The zero-order chi connectivity index (χ0) is 14.1. The Morgan fingerprint density at radius 2 is 1.95 bits per heavy atom. The van der Waals surface area contributed by atoms with Crippen LogP contribution in [0.1, 0.15) is 51.9 Å². The van der Waals surface area contributed by atoms with Gasteiger partial charge in [-0.3, -0.25) is 0 Å². The van der Waals surface area contributed by atoms with E-state index in [0.717, 1.165) is 71.3 Å². The Bertz CT molecular complexity index is 320. The monoisotopic (exact) mass is 283 g/mol. The third kappa shape index (κ3) is 2.89. The largest absolute Gasteiger partial charge is 0.390 e. The van der Waals surface area contributed by atoms with Crippen LogP contribution in [-0.2, 0) is 9.47 Å². The number of aliphatic hydroxyl groups is 1. The molecule has 4 nitrogen and oxygen atoms in total. The minimum atomic E-state index is -0.467. The van der Waals surface area contributed by atoms with Gasteiger partial charge in [0.05, 0.1) is 17.8 Å². The molecule has 2 heterocycles. The summed E-state index contributed by atoms with van der Waals surface area (Å²) in [5, 5.41) is 14.6. The standard InChI is InChI=1S/C16H29NO3/c1-2-17-14-3-6-16(18,7-4-14)13-5-9-20-15(11-13)8-10-19-12-15/h13-14,17-18H,2-12H2,1H3. The quantitative estimate of drug-likeness (QED) is 0.830. The molecule has 0 bridgehead atoms. The Kier molecular flexibility index (Phi) is 4.37. The third-order valence-electron chi connectivity index (χ3n) is 5.66. The summed E-state index contributed by atoms with van der Waals surface area (Å²) in [4.78, 5) is 0.